The quantitative estimate of drug-likeness (QED) is 0.452. The lowest BCUT2D eigenvalue weighted by atomic mass is 10.1. The molecule has 0 N–H and O–H groups in total. The molecule has 4 nitrogen and oxygen atoms in total. The maximum Gasteiger partial charge on any atom is 0.278 e. The summed E-state index contributed by atoms with van der Waals surface area (Å²) in [5, 5.41) is 1.01. The third-order valence-electron chi connectivity index (χ3n) is 5.35. The van der Waals surface area contributed by atoms with Gasteiger partial charge in [-0.25, -0.2) is 4.98 Å². The van der Waals surface area contributed by atoms with Gasteiger partial charge in [0.1, 0.15) is 11.0 Å². The lowest BCUT2D eigenvalue weighted by molar-refractivity contribution is 0.737. The van der Waals surface area contributed by atoms with Crippen LogP contribution in [0, 0.1) is 6.92 Å². The predicted molar refractivity (Wildman–Crippen MR) is 117 cm³/mol. The van der Waals surface area contributed by atoms with Gasteiger partial charge in [-0.2, -0.15) is 0 Å². The number of rotatable bonds is 4. The van der Waals surface area contributed by atoms with Crippen molar-refractivity contribution in [1.82, 2.24) is 14.1 Å². The molecule has 0 spiro atoms. The number of fused-ring (bicyclic) bond motifs is 3. The molecule has 0 saturated carbocycles. The molecule has 2 heterocycles. The van der Waals surface area contributed by atoms with Gasteiger partial charge in [-0.1, -0.05) is 78.4 Å². The highest BCUT2D eigenvalue weighted by atomic mass is 16.1. The van der Waals surface area contributed by atoms with Crippen LogP contribution < -0.4 is 5.56 Å². The molecule has 0 bridgehead atoms. The summed E-state index contributed by atoms with van der Waals surface area (Å²) in [6, 6.07) is 26.5. The van der Waals surface area contributed by atoms with E-state index in [1.54, 1.807) is 10.9 Å². The number of hydrogen-bond donors (Lipinski definition) is 0. The summed E-state index contributed by atoms with van der Waals surface area (Å²) in [4.78, 5) is 18.2. The Morgan fingerprint density at radius 3 is 2.41 bits per heavy atom. The van der Waals surface area contributed by atoms with E-state index in [4.69, 9.17) is 0 Å². The fourth-order valence-electron chi connectivity index (χ4n) is 4.00. The number of aromatic nitrogens is 3. The monoisotopic (exact) mass is 379 g/mol. The van der Waals surface area contributed by atoms with Crippen LogP contribution in [0.15, 0.2) is 90.0 Å². The van der Waals surface area contributed by atoms with Crippen molar-refractivity contribution in [3.05, 3.63) is 112 Å². The van der Waals surface area contributed by atoms with E-state index in [1.807, 2.05) is 48.5 Å². The van der Waals surface area contributed by atoms with Crippen molar-refractivity contribution in [2.45, 2.75) is 20.0 Å². The van der Waals surface area contributed by atoms with E-state index >= 15 is 0 Å². The Kier molecular flexibility index (Phi) is 4.24. The van der Waals surface area contributed by atoms with Crippen LogP contribution in [0.1, 0.15) is 16.7 Å². The Morgan fingerprint density at radius 2 is 1.59 bits per heavy atom. The van der Waals surface area contributed by atoms with Gasteiger partial charge in [0.2, 0.25) is 0 Å². The fraction of sp³-hybridized carbons (Fsp3) is 0.120. The molecular weight excluding hydrogens is 358 g/mol. The standard InChI is InChI=1S/C25H21N3O/c1-18-8-7-11-20(14-18)16-28-22-13-6-5-12-21(22)23-24(28)25(29)27(17-26-23)15-19-9-3-2-4-10-19/h2-14,17H,15-16H2,1H3. The average Bonchev–Trinajstić information content (AvgIpc) is 3.05. The second-order valence-electron chi connectivity index (χ2n) is 7.45. The Hall–Kier alpha value is -3.66. The zero-order valence-corrected chi connectivity index (χ0v) is 16.2. The summed E-state index contributed by atoms with van der Waals surface area (Å²) < 4.78 is 3.81. The normalized spacial score (nSPS) is 11.3. The summed E-state index contributed by atoms with van der Waals surface area (Å²) in [6.07, 6.45) is 1.67. The van der Waals surface area contributed by atoms with Crippen LogP contribution in [0.5, 0.6) is 0 Å². The number of benzene rings is 3. The van der Waals surface area contributed by atoms with Crippen LogP contribution in [-0.2, 0) is 13.1 Å². The third kappa shape index (κ3) is 3.13. The first-order valence-electron chi connectivity index (χ1n) is 9.76. The molecule has 29 heavy (non-hydrogen) atoms. The van der Waals surface area contributed by atoms with Crippen LogP contribution in [0.3, 0.4) is 0 Å². The molecule has 5 rings (SSSR count). The zero-order valence-electron chi connectivity index (χ0n) is 16.2. The van der Waals surface area contributed by atoms with Gasteiger partial charge in [-0.05, 0) is 24.1 Å². The molecule has 0 aliphatic heterocycles. The predicted octanol–water partition coefficient (Wildman–Crippen LogP) is 4.76. The fourth-order valence-corrected chi connectivity index (χ4v) is 4.00. The van der Waals surface area contributed by atoms with Crippen molar-refractivity contribution in [3.63, 3.8) is 0 Å². The van der Waals surface area contributed by atoms with E-state index in [2.05, 4.69) is 46.8 Å². The van der Waals surface area contributed by atoms with E-state index in [-0.39, 0.29) is 5.56 Å². The van der Waals surface area contributed by atoms with E-state index < -0.39 is 0 Å². The van der Waals surface area contributed by atoms with Crippen molar-refractivity contribution in [2.24, 2.45) is 0 Å². The molecule has 0 unspecified atom stereocenters. The molecule has 5 aromatic rings. The minimum Gasteiger partial charge on any atom is -0.330 e. The first-order chi connectivity index (χ1) is 14.2. The molecule has 3 aromatic carbocycles. The van der Waals surface area contributed by atoms with Crippen LogP contribution in [0.25, 0.3) is 21.9 Å². The van der Waals surface area contributed by atoms with E-state index in [1.165, 1.54) is 11.1 Å². The van der Waals surface area contributed by atoms with Crippen LogP contribution in [0.2, 0.25) is 0 Å². The minimum atomic E-state index is -0.0114. The molecule has 4 heteroatoms. The number of nitrogens with zero attached hydrogens (tertiary/aromatic N) is 3. The van der Waals surface area contributed by atoms with Gasteiger partial charge in [-0.15, -0.1) is 0 Å². The van der Waals surface area contributed by atoms with Crippen LogP contribution in [0.4, 0.5) is 0 Å². The Morgan fingerprint density at radius 1 is 0.828 bits per heavy atom. The maximum atomic E-state index is 13.5. The molecule has 0 atom stereocenters. The Bertz CT molecular complexity index is 1380. The van der Waals surface area contributed by atoms with Crippen molar-refractivity contribution in [2.75, 3.05) is 0 Å². The smallest absolute Gasteiger partial charge is 0.278 e. The molecule has 0 aliphatic rings. The minimum absolute atomic E-state index is 0.0114. The zero-order chi connectivity index (χ0) is 19.8. The van der Waals surface area contributed by atoms with Gasteiger partial charge in [0.15, 0.2) is 0 Å². The van der Waals surface area contributed by atoms with Gasteiger partial charge < -0.3 is 4.57 Å². The molecule has 2 aromatic heterocycles. The summed E-state index contributed by atoms with van der Waals surface area (Å²) in [5.41, 5.74) is 5.91. The molecule has 0 saturated heterocycles. The lowest BCUT2D eigenvalue weighted by Crippen LogP contribution is -2.23. The topological polar surface area (TPSA) is 39.8 Å². The largest absolute Gasteiger partial charge is 0.330 e. The van der Waals surface area contributed by atoms with E-state index in [0.717, 1.165) is 22.0 Å². The number of para-hydroxylation sites is 1. The molecular formula is C25H21N3O. The first-order valence-corrected chi connectivity index (χ1v) is 9.76. The van der Waals surface area contributed by atoms with Gasteiger partial charge >= 0.3 is 0 Å². The van der Waals surface area contributed by atoms with Gasteiger partial charge in [0, 0.05) is 11.9 Å². The number of hydrogen-bond acceptors (Lipinski definition) is 2. The molecule has 0 aliphatic carbocycles. The third-order valence-corrected chi connectivity index (χ3v) is 5.35. The van der Waals surface area contributed by atoms with E-state index in [0.29, 0.717) is 18.6 Å². The number of aryl methyl sites for hydroxylation is 1. The van der Waals surface area contributed by atoms with Crippen LogP contribution in [-0.4, -0.2) is 14.1 Å². The van der Waals surface area contributed by atoms with Crippen molar-refractivity contribution in [1.29, 1.82) is 0 Å². The van der Waals surface area contributed by atoms with Gasteiger partial charge in [0.05, 0.1) is 18.4 Å². The highest BCUT2D eigenvalue weighted by Crippen LogP contribution is 2.26. The van der Waals surface area contributed by atoms with Crippen LogP contribution >= 0.6 is 0 Å². The van der Waals surface area contributed by atoms with E-state index in [9.17, 15) is 4.79 Å². The molecule has 142 valence electrons. The summed E-state index contributed by atoms with van der Waals surface area (Å²) >= 11 is 0. The summed E-state index contributed by atoms with van der Waals surface area (Å²) in [6.45, 7) is 3.23. The highest BCUT2D eigenvalue weighted by Gasteiger charge is 2.16. The van der Waals surface area contributed by atoms with Crippen molar-refractivity contribution < 1.29 is 0 Å². The molecule has 0 amide bonds. The molecule has 0 radical (unpaired) electrons. The maximum absolute atomic E-state index is 13.5. The summed E-state index contributed by atoms with van der Waals surface area (Å²) in [7, 11) is 0. The van der Waals surface area contributed by atoms with Gasteiger partial charge in [0.25, 0.3) is 5.56 Å². The van der Waals surface area contributed by atoms with Crippen molar-refractivity contribution in [3.8, 4) is 0 Å². The Balaban J connectivity index is 1.72. The molecule has 0 fully saturated rings. The highest BCUT2D eigenvalue weighted by molar-refractivity contribution is 6.05. The second kappa shape index (κ2) is 7.06. The first kappa shape index (κ1) is 17.4. The Labute approximate surface area is 168 Å². The average molecular weight is 379 g/mol. The lowest BCUT2D eigenvalue weighted by Gasteiger charge is -2.10. The second-order valence-corrected chi connectivity index (χ2v) is 7.45. The SMILES string of the molecule is Cc1cccc(Cn2c3ccccc3c3ncn(Cc4ccccc4)c(=O)c32)c1. The van der Waals surface area contributed by atoms with Gasteiger partial charge in [-0.3, -0.25) is 9.36 Å². The summed E-state index contributed by atoms with van der Waals surface area (Å²) in [5.74, 6) is 0. The van der Waals surface area contributed by atoms with Crippen molar-refractivity contribution >= 4 is 21.9 Å².